The molecule has 3 aliphatic rings. The van der Waals surface area contributed by atoms with E-state index < -0.39 is 0 Å². The zero-order valence-electron chi connectivity index (χ0n) is 19.0. The lowest BCUT2D eigenvalue weighted by molar-refractivity contribution is -0.119. The molecular formula is C25H30N6O2. The molecule has 1 saturated carbocycles. The topological polar surface area (TPSA) is 84.3 Å². The van der Waals surface area contributed by atoms with E-state index in [0.29, 0.717) is 24.9 Å². The van der Waals surface area contributed by atoms with Crippen molar-refractivity contribution in [1.29, 1.82) is 0 Å². The minimum Gasteiger partial charge on any atom is -0.473 e. The van der Waals surface area contributed by atoms with E-state index in [1.54, 1.807) is 0 Å². The van der Waals surface area contributed by atoms with Crippen LogP contribution in [0.25, 0.3) is 22.3 Å². The molecule has 3 aromatic rings. The van der Waals surface area contributed by atoms with E-state index >= 15 is 0 Å². The number of aromatic nitrogens is 3. The number of carbonyl (C=O) groups excluding carboxylic acids is 1. The lowest BCUT2D eigenvalue weighted by Gasteiger charge is -2.29. The van der Waals surface area contributed by atoms with E-state index in [0.717, 1.165) is 61.3 Å². The lowest BCUT2D eigenvalue weighted by atomic mass is 10.0. The van der Waals surface area contributed by atoms with Crippen molar-refractivity contribution in [1.82, 2.24) is 25.2 Å². The van der Waals surface area contributed by atoms with Gasteiger partial charge in [-0.15, -0.1) is 0 Å². The molecule has 8 nitrogen and oxygen atoms in total. The van der Waals surface area contributed by atoms with Crippen LogP contribution in [0, 0.1) is 5.92 Å². The fourth-order valence-corrected chi connectivity index (χ4v) is 4.88. The molecule has 2 atom stereocenters. The summed E-state index contributed by atoms with van der Waals surface area (Å²) in [5.74, 6) is 0.855. The van der Waals surface area contributed by atoms with Crippen molar-refractivity contribution in [3.05, 3.63) is 36.7 Å². The average Bonchev–Trinajstić information content (AvgIpc) is 3.45. The summed E-state index contributed by atoms with van der Waals surface area (Å²) in [5, 5.41) is 6.31. The summed E-state index contributed by atoms with van der Waals surface area (Å²) < 4.78 is 8.65. The summed E-state index contributed by atoms with van der Waals surface area (Å²) in [7, 11) is 0. The predicted molar refractivity (Wildman–Crippen MR) is 128 cm³/mol. The van der Waals surface area contributed by atoms with Gasteiger partial charge in [0.15, 0.2) is 0 Å². The highest BCUT2D eigenvalue weighted by molar-refractivity contribution is 5.85. The van der Waals surface area contributed by atoms with Gasteiger partial charge in [-0.3, -0.25) is 4.79 Å². The Labute approximate surface area is 193 Å². The molecule has 6 rings (SSSR count). The molecule has 4 heterocycles. The van der Waals surface area contributed by atoms with E-state index in [-0.39, 0.29) is 17.9 Å². The molecule has 172 valence electrons. The van der Waals surface area contributed by atoms with Gasteiger partial charge in [0, 0.05) is 62.4 Å². The Morgan fingerprint density at radius 2 is 1.94 bits per heavy atom. The van der Waals surface area contributed by atoms with Gasteiger partial charge in [0.2, 0.25) is 11.8 Å². The van der Waals surface area contributed by atoms with Crippen molar-refractivity contribution in [2.75, 3.05) is 37.6 Å². The van der Waals surface area contributed by atoms with Crippen LogP contribution in [0.5, 0.6) is 5.88 Å². The number of carbonyl (C=O) groups is 1. The van der Waals surface area contributed by atoms with Crippen molar-refractivity contribution >= 4 is 22.6 Å². The van der Waals surface area contributed by atoms with Crippen molar-refractivity contribution in [2.45, 2.75) is 38.3 Å². The number of hydrogen-bond acceptors (Lipinski definition) is 6. The molecule has 2 aromatic heterocycles. The number of nitrogens with zero attached hydrogens (tertiary/aromatic N) is 4. The van der Waals surface area contributed by atoms with E-state index in [4.69, 9.17) is 14.7 Å². The molecule has 3 fully saturated rings. The van der Waals surface area contributed by atoms with Crippen LogP contribution in [0.4, 0.5) is 5.69 Å². The van der Waals surface area contributed by atoms with Crippen LogP contribution in [0.1, 0.15) is 32.2 Å². The number of piperazine rings is 1. The quantitative estimate of drug-likeness (QED) is 0.606. The van der Waals surface area contributed by atoms with Crippen LogP contribution in [-0.2, 0) is 4.79 Å². The van der Waals surface area contributed by atoms with Gasteiger partial charge in [0.25, 0.3) is 0 Å². The molecule has 0 bridgehead atoms. The number of imidazole rings is 1. The molecular weight excluding hydrogens is 416 g/mol. The maximum Gasteiger partial charge on any atom is 0.241 e. The van der Waals surface area contributed by atoms with Crippen LogP contribution in [0.15, 0.2) is 36.7 Å². The minimum absolute atomic E-state index is 0.0925. The molecule has 0 spiro atoms. The molecule has 2 aliphatic heterocycles. The highest BCUT2D eigenvalue weighted by Crippen LogP contribution is 2.40. The Balaban J connectivity index is 1.33. The van der Waals surface area contributed by atoms with Crippen LogP contribution >= 0.6 is 0 Å². The summed E-state index contributed by atoms with van der Waals surface area (Å²) in [6, 6.07) is 11.2. The third kappa shape index (κ3) is 4.04. The second-order valence-corrected chi connectivity index (χ2v) is 9.44. The van der Waals surface area contributed by atoms with Crippen LogP contribution in [-0.4, -0.2) is 59.3 Å². The van der Waals surface area contributed by atoms with Gasteiger partial charge in [-0.25, -0.2) is 9.97 Å². The largest absolute Gasteiger partial charge is 0.473 e. The van der Waals surface area contributed by atoms with E-state index in [9.17, 15) is 4.79 Å². The van der Waals surface area contributed by atoms with Crippen LogP contribution in [0.2, 0.25) is 0 Å². The Morgan fingerprint density at radius 1 is 1.15 bits per heavy atom. The molecule has 1 amide bonds. The highest BCUT2D eigenvalue weighted by atomic mass is 16.5. The number of ether oxygens (including phenoxy) is 1. The first-order valence-corrected chi connectivity index (χ1v) is 12.0. The van der Waals surface area contributed by atoms with E-state index in [2.05, 4.69) is 50.4 Å². The Kier molecular flexibility index (Phi) is 5.17. The molecule has 1 aliphatic carbocycles. The lowest BCUT2D eigenvalue weighted by Crippen LogP contribution is -2.43. The summed E-state index contributed by atoms with van der Waals surface area (Å²) >= 11 is 0. The highest BCUT2D eigenvalue weighted by Gasteiger charge is 2.31. The normalized spacial score (nSPS) is 21.9. The molecule has 8 heteroatoms. The number of anilines is 1. The molecule has 2 unspecified atom stereocenters. The first-order valence-electron chi connectivity index (χ1n) is 12.0. The van der Waals surface area contributed by atoms with Gasteiger partial charge in [0.05, 0.1) is 17.5 Å². The van der Waals surface area contributed by atoms with Crippen LogP contribution in [0.3, 0.4) is 0 Å². The Morgan fingerprint density at radius 3 is 2.64 bits per heavy atom. The number of amides is 1. The fourth-order valence-electron chi connectivity index (χ4n) is 4.88. The van der Waals surface area contributed by atoms with Crippen molar-refractivity contribution in [3.8, 4) is 17.1 Å². The Hall–Kier alpha value is -3.13. The van der Waals surface area contributed by atoms with Gasteiger partial charge in [-0.1, -0.05) is 12.1 Å². The molecule has 2 saturated heterocycles. The zero-order valence-corrected chi connectivity index (χ0v) is 19.0. The minimum atomic E-state index is -0.118. The fraction of sp³-hybridized carbons (Fsp3) is 0.480. The summed E-state index contributed by atoms with van der Waals surface area (Å²) in [4.78, 5) is 23.8. The molecule has 33 heavy (non-hydrogen) atoms. The van der Waals surface area contributed by atoms with Gasteiger partial charge in [-0.05, 0) is 38.0 Å². The van der Waals surface area contributed by atoms with Gasteiger partial charge >= 0.3 is 0 Å². The van der Waals surface area contributed by atoms with Crippen molar-refractivity contribution in [3.63, 3.8) is 0 Å². The van der Waals surface area contributed by atoms with E-state index in [1.807, 2.05) is 13.3 Å². The predicted octanol–water partition coefficient (Wildman–Crippen LogP) is 2.75. The number of rotatable bonds is 6. The second-order valence-electron chi connectivity index (χ2n) is 9.44. The average molecular weight is 447 g/mol. The number of fused-ring (bicyclic) bond motifs is 1. The third-order valence-corrected chi connectivity index (χ3v) is 7.08. The van der Waals surface area contributed by atoms with E-state index in [1.165, 1.54) is 5.69 Å². The van der Waals surface area contributed by atoms with Gasteiger partial charge in [0.1, 0.15) is 11.6 Å². The number of hydrogen-bond donors (Lipinski definition) is 2. The molecule has 2 N–H and O–H groups in total. The summed E-state index contributed by atoms with van der Waals surface area (Å²) in [6.45, 7) is 6.77. The Bertz CT molecular complexity index is 1160. The first kappa shape index (κ1) is 20.5. The third-order valence-electron chi connectivity index (χ3n) is 7.08. The SMILES string of the molecule is CC(Oc1nc(-c2ccc(N3CCNCC3)cc2)cc2ncn(C3CC3)c12)C1CNC(=O)C1. The maximum absolute atomic E-state index is 11.7. The standard InChI is InChI=1S/C25H30N6O2/c1-16(18-12-23(32)27-14-18)33-25-24-22(28-15-31(24)20-6-7-20)13-21(29-25)17-2-4-19(5-3-17)30-10-8-26-9-11-30/h2-5,13,15-16,18,20,26H,6-12,14H2,1H3,(H,27,32). The smallest absolute Gasteiger partial charge is 0.241 e. The molecule has 0 radical (unpaired) electrons. The monoisotopic (exact) mass is 446 g/mol. The summed E-state index contributed by atoms with van der Waals surface area (Å²) in [5.41, 5.74) is 5.01. The van der Waals surface area contributed by atoms with Crippen LogP contribution < -0.4 is 20.3 Å². The van der Waals surface area contributed by atoms with Crippen molar-refractivity contribution in [2.24, 2.45) is 5.92 Å². The number of benzene rings is 1. The van der Waals surface area contributed by atoms with Crippen molar-refractivity contribution < 1.29 is 9.53 Å². The first-order chi connectivity index (χ1) is 16.2. The number of nitrogens with one attached hydrogen (secondary N) is 2. The van der Waals surface area contributed by atoms with Gasteiger partial charge < -0.3 is 24.8 Å². The van der Waals surface area contributed by atoms with Gasteiger partial charge in [-0.2, -0.15) is 0 Å². The molecule has 1 aromatic carbocycles. The maximum atomic E-state index is 11.7. The second kappa shape index (κ2) is 8.33. The zero-order chi connectivity index (χ0) is 22.4. The number of pyridine rings is 1. The summed E-state index contributed by atoms with van der Waals surface area (Å²) in [6.07, 6.45) is 4.62.